The van der Waals surface area contributed by atoms with Crippen LogP contribution in [-0.2, 0) is 0 Å². The van der Waals surface area contributed by atoms with Crippen molar-refractivity contribution in [2.45, 2.75) is 63.9 Å². The molecule has 5 N–H and O–H groups in total. The molecule has 0 aliphatic carbocycles. The molecule has 1 unspecified atom stereocenters. The van der Waals surface area contributed by atoms with Gasteiger partial charge in [0.25, 0.3) is 5.97 Å². The summed E-state index contributed by atoms with van der Waals surface area (Å²) in [5.41, 5.74) is 5.34. The van der Waals surface area contributed by atoms with Crippen LogP contribution in [0, 0.1) is 0 Å². The summed E-state index contributed by atoms with van der Waals surface area (Å²) in [6, 6.07) is -0.964. The highest BCUT2D eigenvalue weighted by molar-refractivity contribution is 4.68. The molecule has 86 valence electrons. The number of hydrogen-bond donors (Lipinski definition) is 4. The fourth-order valence-corrected chi connectivity index (χ4v) is 1.34. The van der Waals surface area contributed by atoms with Gasteiger partial charge in [-0.1, -0.05) is 45.4 Å². The predicted octanol–water partition coefficient (Wildman–Crippen LogP) is 0.695. The van der Waals surface area contributed by atoms with E-state index < -0.39 is 12.0 Å². The standard InChI is InChI=1S/C10H23NO3/c1-2-3-4-5-6-7-8-9(11)10(12,13)14/h9,12-14H,2-8,11H2,1H3. The maximum absolute atomic E-state index is 8.71. The molecule has 1 atom stereocenters. The molecule has 14 heavy (non-hydrogen) atoms. The van der Waals surface area contributed by atoms with Crippen molar-refractivity contribution >= 4 is 0 Å². The first kappa shape index (κ1) is 13.8. The number of unbranched alkanes of at least 4 members (excludes halogenated alkanes) is 5. The molecule has 0 saturated carbocycles. The van der Waals surface area contributed by atoms with Gasteiger partial charge in [0.15, 0.2) is 0 Å². The minimum atomic E-state index is -2.72. The van der Waals surface area contributed by atoms with E-state index in [1.165, 1.54) is 19.3 Å². The maximum Gasteiger partial charge on any atom is 0.291 e. The Morgan fingerprint density at radius 3 is 2.00 bits per heavy atom. The zero-order chi connectivity index (χ0) is 11.0. The molecule has 0 fully saturated rings. The molecule has 0 saturated heterocycles. The summed E-state index contributed by atoms with van der Waals surface area (Å²) >= 11 is 0. The highest BCUT2D eigenvalue weighted by atomic mass is 16.7. The molecule has 4 nitrogen and oxygen atoms in total. The summed E-state index contributed by atoms with van der Waals surface area (Å²) in [5.74, 6) is -2.72. The number of rotatable bonds is 8. The molecule has 0 bridgehead atoms. The van der Waals surface area contributed by atoms with Gasteiger partial charge in [-0.2, -0.15) is 0 Å². The van der Waals surface area contributed by atoms with Gasteiger partial charge in [-0.25, -0.2) is 0 Å². The van der Waals surface area contributed by atoms with Gasteiger partial charge >= 0.3 is 0 Å². The lowest BCUT2D eigenvalue weighted by molar-refractivity contribution is -0.323. The summed E-state index contributed by atoms with van der Waals surface area (Å²) in [4.78, 5) is 0. The van der Waals surface area contributed by atoms with Crippen LogP contribution in [0.4, 0.5) is 0 Å². The molecule has 0 rings (SSSR count). The lowest BCUT2D eigenvalue weighted by Crippen LogP contribution is -2.47. The number of hydrogen-bond acceptors (Lipinski definition) is 4. The molecule has 0 amide bonds. The Kier molecular flexibility index (Phi) is 7.09. The minimum Gasteiger partial charge on any atom is -0.342 e. The van der Waals surface area contributed by atoms with Gasteiger partial charge < -0.3 is 21.1 Å². The van der Waals surface area contributed by atoms with Crippen LogP contribution in [0.5, 0.6) is 0 Å². The summed E-state index contributed by atoms with van der Waals surface area (Å²) in [6.07, 6.45) is 7.13. The second kappa shape index (κ2) is 7.17. The zero-order valence-corrected chi connectivity index (χ0v) is 8.95. The van der Waals surface area contributed by atoms with Crippen molar-refractivity contribution in [1.82, 2.24) is 0 Å². The average molecular weight is 205 g/mol. The van der Waals surface area contributed by atoms with Crippen molar-refractivity contribution in [2.24, 2.45) is 5.73 Å². The number of aliphatic hydroxyl groups is 3. The first-order valence-electron chi connectivity index (χ1n) is 5.41. The Morgan fingerprint density at radius 2 is 1.50 bits per heavy atom. The van der Waals surface area contributed by atoms with E-state index in [2.05, 4.69) is 6.92 Å². The quantitative estimate of drug-likeness (QED) is 0.347. The van der Waals surface area contributed by atoms with Crippen LogP contribution in [0.3, 0.4) is 0 Å². The van der Waals surface area contributed by atoms with Gasteiger partial charge in [-0.05, 0) is 6.42 Å². The van der Waals surface area contributed by atoms with Crippen molar-refractivity contribution in [1.29, 1.82) is 0 Å². The van der Waals surface area contributed by atoms with Crippen LogP contribution in [0.15, 0.2) is 0 Å². The first-order chi connectivity index (χ1) is 6.48. The van der Waals surface area contributed by atoms with Gasteiger partial charge in [0.2, 0.25) is 0 Å². The predicted molar refractivity (Wildman–Crippen MR) is 55.4 cm³/mol. The van der Waals surface area contributed by atoms with Crippen LogP contribution in [0.1, 0.15) is 51.9 Å². The van der Waals surface area contributed by atoms with Crippen LogP contribution in [0.25, 0.3) is 0 Å². The third-order valence-corrected chi connectivity index (χ3v) is 2.37. The molecular formula is C10H23NO3. The third kappa shape index (κ3) is 7.26. The van der Waals surface area contributed by atoms with Crippen molar-refractivity contribution in [3.8, 4) is 0 Å². The lowest BCUT2D eigenvalue weighted by Gasteiger charge is -2.21. The van der Waals surface area contributed by atoms with E-state index >= 15 is 0 Å². The normalized spacial score (nSPS) is 14.4. The molecular weight excluding hydrogens is 182 g/mol. The van der Waals surface area contributed by atoms with E-state index in [1.807, 2.05) is 0 Å². The average Bonchev–Trinajstić information content (AvgIpc) is 2.09. The molecule has 0 aliphatic heterocycles. The summed E-state index contributed by atoms with van der Waals surface area (Å²) < 4.78 is 0. The van der Waals surface area contributed by atoms with Gasteiger partial charge in [0.1, 0.15) is 0 Å². The van der Waals surface area contributed by atoms with E-state index in [-0.39, 0.29) is 0 Å². The smallest absolute Gasteiger partial charge is 0.291 e. The van der Waals surface area contributed by atoms with Crippen LogP contribution >= 0.6 is 0 Å². The molecule has 0 aromatic rings. The minimum absolute atomic E-state index is 0.440. The van der Waals surface area contributed by atoms with Crippen molar-refractivity contribution in [3.63, 3.8) is 0 Å². The fraction of sp³-hybridized carbons (Fsp3) is 1.00. The Balaban J connectivity index is 3.28. The first-order valence-corrected chi connectivity index (χ1v) is 5.41. The molecule has 0 heterocycles. The van der Waals surface area contributed by atoms with Crippen molar-refractivity contribution in [3.05, 3.63) is 0 Å². The fourth-order valence-electron chi connectivity index (χ4n) is 1.34. The van der Waals surface area contributed by atoms with Crippen LogP contribution < -0.4 is 5.73 Å². The summed E-state index contributed by atoms with van der Waals surface area (Å²) in [7, 11) is 0. The Bertz CT molecular complexity index is 134. The van der Waals surface area contributed by atoms with Crippen LogP contribution in [0.2, 0.25) is 0 Å². The Morgan fingerprint density at radius 1 is 1.00 bits per heavy atom. The lowest BCUT2D eigenvalue weighted by atomic mass is 10.1. The monoisotopic (exact) mass is 205 g/mol. The van der Waals surface area contributed by atoms with Gasteiger partial charge in [0, 0.05) is 0 Å². The zero-order valence-electron chi connectivity index (χ0n) is 8.95. The van der Waals surface area contributed by atoms with E-state index in [4.69, 9.17) is 21.1 Å². The van der Waals surface area contributed by atoms with E-state index in [0.29, 0.717) is 6.42 Å². The van der Waals surface area contributed by atoms with Crippen molar-refractivity contribution < 1.29 is 15.3 Å². The van der Waals surface area contributed by atoms with Crippen molar-refractivity contribution in [2.75, 3.05) is 0 Å². The Hall–Kier alpha value is -0.160. The molecule has 0 radical (unpaired) electrons. The maximum atomic E-state index is 8.71. The highest BCUT2D eigenvalue weighted by Crippen LogP contribution is 2.11. The highest BCUT2D eigenvalue weighted by Gasteiger charge is 2.27. The molecule has 4 heteroatoms. The van der Waals surface area contributed by atoms with E-state index in [0.717, 1.165) is 19.3 Å². The molecule has 0 aliphatic rings. The topological polar surface area (TPSA) is 86.7 Å². The molecule has 0 aromatic heterocycles. The number of nitrogens with two attached hydrogens (primary N) is 1. The van der Waals surface area contributed by atoms with E-state index in [1.54, 1.807) is 0 Å². The summed E-state index contributed by atoms with van der Waals surface area (Å²) in [5, 5.41) is 26.1. The molecule has 0 aromatic carbocycles. The SMILES string of the molecule is CCCCCCCCC(N)C(O)(O)O. The van der Waals surface area contributed by atoms with Gasteiger partial charge in [-0.15, -0.1) is 0 Å². The largest absolute Gasteiger partial charge is 0.342 e. The second-order valence-electron chi connectivity index (χ2n) is 3.85. The molecule has 0 spiro atoms. The summed E-state index contributed by atoms with van der Waals surface area (Å²) in [6.45, 7) is 2.16. The Labute approximate surface area is 85.7 Å². The second-order valence-corrected chi connectivity index (χ2v) is 3.85. The van der Waals surface area contributed by atoms with Crippen LogP contribution in [-0.4, -0.2) is 27.3 Å². The van der Waals surface area contributed by atoms with Gasteiger partial charge in [-0.3, -0.25) is 0 Å². The van der Waals surface area contributed by atoms with Gasteiger partial charge in [0.05, 0.1) is 6.04 Å². The third-order valence-electron chi connectivity index (χ3n) is 2.37. The van der Waals surface area contributed by atoms with E-state index in [9.17, 15) is 0 Å².